The second-order valence-electron chi connectivity index (χ2n) is 6.17. The third kappa shape index (κ3) is 4.43. The van der Waals surface area contributed by atoms with Gasteiger partial charge in [0.2, 0.25) is 0 Å². The number of amides is 1. The fourth-order valence-electron chi connectivity index (χ4n) is 2.91. The summed E-state index contributed by atoms with van der Waals surface area (Å²) in [4.78, 5) is 14.7. The van der Waals surface area contributed by atoms with Crippen molar-refractivity contribution in [2.45, 2.75) is 26.7 Å². The van der Waals surface area contributed by atoms with Crippen LogP contribution >= 0.6 is 23.2 Å². The Kier molecular flexibility index (Phi) is 6.14. The van der Waals surface area contributed by atoms with E-state index in [0.717, 1.165) is 24.2 Å². The van der Waals surface area contributed by atoms with Gasteiger partial charge in [0, 0.05) is 23.7 Å². The Morgan fingerprint density at radius 3 is 2.75 bits per heavy atom. The molecule has 128 valence electrons. The third-order valence-corrected chi connectivity index (χ3v) is 4.51. The van der Waals surface area contributed by atoms with Gasteiger partial charge in [-0.1, -0.05) is 54.9 Å². The van der Waals surface area contributed by atoms with Gasteiger partial charge in [0.1, 0.15) is 5.70 Å². The summed E-state index contributed by atoms with van der Waals surface area (Å²) < 4.78 is 0. The summed E-state index contributed by atoms with van der Waals surface area (Å²) in [5.41, 5.74) is 3.07. The lowest BCUT2D eigenvalue weighted by atomic mass is 10.0. The molecule has 0 aliphatic carbocycles. The number of carbonyl (C=O) groups excluding carboxylic acids is 1. The summed E-state index contributed by atoms with van der Waals surface area (Å²) in [5, 5.41) is 3.80. The smallest absolute Gasteiger partial charge is 0.271 e. The Balaban J connectivity index is 2.24. The van der Waals surface area contributed by atoms with Gasteiger partial charge in [-0.3, -0.25) is 4.79 Å². The van der Waals surface area contributed by atoms with Gasteiger partial charge in [0.05, 0.1) is 10.7 Å². The van der Waals surface area contributed by atoms with E-state index in [9.17, 15) is 4.79 Å². The number of hydrogen-bond acceptors (Lipinski definition) is 2. The van der Waals surface area contributed by atoms with E-state index in [1.807, 2.05) is 11.8 Å². The molecule has 1 aliphatic heterocycles. The van der Waals surface area contributed by atoms with Crippen LogP contribution in [0.1, 0.15) is 26.7 Å². The van der Waals surface area contributed by atoms with E-state index >= 15 is 0 Å². The summed E-state index contributed by atoms with van der Waals surface area (Å²) in [7, 11) is 0. The fourth-order valence-corrected chi connectivity index (χ4v) is 3.25. The van der Waals surface area contributed by atoms with Gasteiger partial charge in [-0.05, 0) is 37.5 Å². The van der Waals surface area contributed by atoms with E-state index in [0.29, 0.717) is 33.8 Å². The number of nitrogens with zero attached hydrogens (tertiary/aromatic N) is 1. The molecule has 0 aromatic heterocycles. The van der Waals surface area contributed by atoms with Crippen LogP contribution in [0.25, 0.3) is 0 Å². The first-order valence-electron chi connectivity index (χ1n) is 7.86. The molecular weight excluding hydrogens is 343 g/mol. The maximum Gasteiger partial charge on any atom is 0.271 e. The van der Waals surface area contributed by atoms with Gasteiger partial charge in [-0.2, -0.15) is 0 Å². The number of benzene rings is 1. The molecule has 0 spiro atoms. The number of halogens is 2. The average Bonchev–Trinajstić information content (AvgIpc) is 2.62. The van der Waals surface area contributed by atoms with Crippen molar-refractivity contribution >= 4 is 34.8 Å². The van der Waals surface area contributed by atoms with E-state index in [-0.39, 0.29) is 5.91 Å². The van der Waals surface area contributed by atoms with Crippen LogP contribution in [0.15, 0.2) is 54.4 Å². The van der Waals surface area contributed by atoms with E-state index in [1.165, 1.54) is 0 Å². The summed E-state index contributed by atoms with van der Waals surface area (Å²) in [5.74, 6) is 0.164. The number of rotatable bonds is 3. The summed E-state index contributed by atoms with van der Waals surface area (Å²) in [6.07, 6.45) is 3.43. The molecule has 1 N–H and O–H groups in total. The van der Waals surface area contributed by atoms with Gasteiger partial charge in [0.25, 0.3) is 5.91 Å². The van der Waals surface area contributed by atoms with Crippen molar-refractivity contribution in [1.29, 1.82) is 0 Å². The van der Waals surface area contributed by atoms with Crippen LogP contribution in [0.5, 0.6) is 0 Å². The number of allylic oxidation sites excluding steroid dienone is 2. The highest BCUT2D eigenvalue weighted by Gasteiger charge is 2.25. The Bertz CT molecular complexity index is 709. The predicted octanol–water partition coefficient (Wildman–Crippen LogP) is 5.64. The Morgan fingerprint density at radius 2 is 2.08 bits per heavy atom. The standard InChI is InChI=1S/C19H22Cl2N2O/c1-5-18(23-11-13(3)8-12(2)9-14(23)4)19(24)22-17-10-15(20)6-7-16(17)21/h5-7,10,13H,2,4,8-9,11H2,1,3H3,(H,22,24)/b18-5-. The van der Waals surface area contributed by atoms with Crippen molar-refractivity contribution in [3.05, 3.63) is 64.4 Å². The lowest BCUT2D eigenvalue weighted by Crippen LogP contribution is -2.32. The van der Waals surface area contributed by atoms with E-state index in [1.54, 1.807) is 24.3 Å². The van der Waals surface area contributed by atoms with Gasteiger partial charge < -0.3 is 10.2 Å². The number of anilines is 1. The Labute approximate surface area is 153 Å². The first kappa shape index (κ1) is 18.6. The molecule has 1 amide bonds. The van der Waals surface area contributed by atoms with E-state index < -0.39 is 0 Å². The zero-order chi connectivity index (χ0) is 17.9. The minimum Gasteiger partial charge on any atom is -0.341 e. The normalized spacial score (nSPS) is 19.2. The van der Waals surface area contributed by atoms with Crippen LogP contribution in [-0.4, -0.2) is 17.4 Å². The van der Waals surface area contributed by atoms with Crippen LogP contribution in [0.2, 0.25) is 10.0 Å². The van der Waals surface area contributed by atoms with Crippen molar-refractivity contribution in [3.63, 3.8) is 0 Å². The van der Waals surface area contributed by atoms with Crippen molar-refractivity contribution in [2.24, 2.45) is 5.92 Å². The molecule has 1 aromatic carbocycles. The van der Waals surface area contributed by atoms with Gasteiger partial charge >= 0.3 is 0 Å². The molecule has 1 atom stereocenters. The zero-order valence-corrected chi connectivity index (χ0v) is 15.5. The zero-order valence-electron chi connectivity index (χ0n) is 14.0. The molecule has 0 radical (unpaired) electrons. The Morgan fingerprint density at radius 1 is 1.38 bits per heavy atom. The first-order valence-corrected chi connectivity index (χ1v) is 8.62. The lowest BCUT2D eigenvalue weighted by molar-refractivity contribution is -0.114. The summed E-state index contributed by atoms with van der Waals surface area (Å²) in [6.45, 7) is 12.9. The highest BCUT2D eigenvalue weighted by atomic mass is 35.5. The molecule has 0 saturated carbocycles. The second kappa shape index (κ2) is 7.91. The van der Waals surface area contributed by atoms with E-state index in [4.69, 9.17) is 23.2 Å². The van der Waals surface area contributed by atoms with Crippen molar-refractivity contribution < 1.29 is 4.79 Å². The summed E-state index contributed by atoms with van der Waals surface area (Å²) >= 11 is 12.1. The molecule has 1 unspecified atom stereocenters. The number of hydrogen-bond donors (Lipinski definition) is 1. The second-order valence-corrected chi connectivity index (χ2v) is 7.01. The minimum atomic E-state index is -0.234. The molecule has 1 fully saturated rings. The molecule has 0 bridgehead atoms. The maximum absolute atomic E-state index is 12.8. The van der Waals surface area contributed by atoms with Crippen LogP contribution in [0, 0.1) is 5.92 Å². The van der Waals surface area contributed by atoms with E-state index in [2.05, 4.69) is 25.4 Å². The Hall–Kier alpha value is -1.71. The number of likely N-dealkylation sites (tertiary alicyclic amines) is 1. The lowest BCUT2D eigenvalue weighted by Gasteiger charge is -2.28. The van der Waals surface area contributed by atoms with Gasteiger partial charge in [-0.15, -0.1) is 0 Å². The molecule has 1 aliphatic rings. The molecule has 2 rings (SSSR count). The average molecular weight is 365 g/mol. The van der Waals surface area contributed by atoms with Gasteiger partial charge in [-0.25, -0.2) is 0 Å². The van der Waals surface area contributed by atoms with Crippen molar-refractivity contribution in [3.8, 4) is 0 Å². The number of nitrogens with one attached hydrogen (secondary N) is 1. The topological polar surface area (TPSA) is 32.3 Å². The monoisotopic (exact) mass is 364 g/mol. The van der Waals surface area contributed by atoms with Crippen LogP contribution in [-0.2, 0) is 4.79 Å². The van der Waals surface area contributed by atoms with Crippen molar-refractivity contribution in [1.82, 2.24) is 4.90 Å². The summed E-state index contributed by atoms with van der Waals surface area (Å²) in [6, 6.07) is 4.97. The van der Waals surface area contributed by atoms with Crippen LogP contribution in [0.3, 0.4) is 0 Å². The minimum absolute atomic E-state index is 0.234. The largest absolute Gasteiger partial charge is 0.341 e. The quantitative estimate of drug-likeness (QED) is 0.556. The number of carbonyl (C=O) groups is 1. The molecule has 24 heavy (non-hydrogen) atoms. The molecule has 3 nitrogen and oxygen atoms in total. The maximum atomic E-state index is 12.8. The molecule has 5 heteroatoms. The first-order chi connectivity index (χ1) is 11.3. The SMILES string of the molecule is C=C1CC(=C)N(/C(=C\C)C(=O)Nc2cc(Cl)ccc2Cl)CC(C)C1. The molecular formula is C19H22Cl2N2O. The molecule has 1 saturated heterocycles. The highest BCUT2D eigenvalue weighted by Crippen LogP contribution is 2.30. The third-order valence-electron chi connectivity index (χ3n) is 3.94. The van der Waals surface area contributed by atoms with Crippen LogP contribution in [0.4, 0.5) is 5.69 Å². The fraction of sp³-hybridized carbons (Fsp3) is 0.316. The predicted molar refractivity (Wildman–Crippen MR) is 102 cm³/mol. The van der Waals surface area contributed by atoms with Gasteiger partial charge in [0.15, 0.2) is 0 Å². The van der Waals surface area contributed by atoms with Crippen LogP contribution < -0.4 is 5.32 Å². The molecule has 1 heterocycles. The molecule has 1 aromatic rings. The van der Waals surface area contributed by atoms with Crippen molar-refractivity contribution in [2.75, 3.05) is 11.9 Å². The highest BCUT2D eigenvalue weighted by molar-refractivity contribution is 6.35.